The first-order valence-electron chi connectivity index (χ1n) is 5.67. The second-order valence-corrected chi connectivity index (χ2v) is 5.50. The van der Waals surface area contributed by atoms with Crippen LogP contribution >= 0.6 is 27.5 Å². The van der Waals surface area contributed by atoms with Gasteiger partial charge in [0.2, 0.25) is 0 Å². The highest BCUT2D eigenvalue weighted by atomic mass is 79.9. The Morgan fingerprint density at radius 1 is 1.10 bits per heavy atom. The zero-order valence-corrected chi connectivity index (χ0v) is 12.4. The molecule has 0 bridgehead atoms. The van der Waals surface area contributed by atoms with E-state index in [9.17, 15) is 13.2 Å². The molecule has 1 nitrogen and oxygen atoms in total. The van der Waals surface area contributed by atoms with E-state index in [1.165, 1.54) is 6.07 Å². The summed E-state index contributed by atoms with van der Waals surface area (Å²) in [4.78, 5) is 0. The molecule has 20 heavy (non-hydrogen) atoms. The Labute approximate surface area is 127 Å². The molecule has 0 aliphatic carbocycles. The zero-order valence-electron chi connectivity index (χ0n) is 10.1. The first-order valence-corrected chi connectivity index (χ1v) is 6.84. The van der Waals surface area contributed by atoms with Gasteiger partial charge in [0.25, 0.3) is 0 Å². The van der Waals surface area contributed by atoms with E-state index in [1.807, 2.05) is 0 Å². The topological polar surface area (TPSA) is 26.0 Å². The molecule has 6 heteroatoms. The summed E-state index contributed by atoms with van der Waals surface area (Å²) in [5.41, 5.74) is 6.20. The fourth-order valence-corrected chi connectivity index (χ4v) is 2.59. The summed E-state index contributed by atoms with van der Waals surface area (Å²) in [5, 5.41) is 0.427. The van der Waals surface area contributed by atoms with Gasteiger partial charge in [-0.3, -0.25) is 0 Å². The summed E-state index contributed by atoms with van der Waals surface area (Å²) in [5.74, 6) is 0. The molecule has 1 unspecified atom stereocenters. The van der Waals surface area contributed by atoms with Crippen molar-refractivity contribution in [1.82, 2.24) is 0 Å². The number of nitrogens with two attached hydrogens (primary N) is 1. The third-order valence-corrected chi connectivity index (χ3v) is 3.93. The van der Waals surface area contributed by atoms with Gasteiger partial charge < -0.3 is 5.73 Å². The zero-order chi connectivity index (χ0) is 14.9. The summed E-state index contributed by atoms with van der Waals surface area (Å²) in [6.07, 6.45) is -4.44. The monoisotopic (exact) mass is 363 g/mol. The molecule has 0 radical (unpaired) electrons. The minimum Gasteiger partial charge on any atom is -0.320 e. The van der Waals surface area contributed by atoms with Crippen molar-refractivity contribution in [3.8, 4) is 0 Å². The molecule has 0 saturated carbocycles. The third kappa shape index (κ3) is 3.16. The van der Waals surface area contributed by atoms with Gasteiger partial charge in [-0.25, -0.2) is 0 Å². The van der Waals surface area contributed by atoms with E-state index in [4.69, 9.17) is 17.3 Å². The summed E-state index contributed by atoms with van der Waals surface area (Å²) in [6, 6.07) is 10.0. The molecular formula is C14H10BrClF3N. The largest absolute Gasteiger partial charge is 0.417 e. The van der Waals surface area contributed by atoms with Crippen LogP contribution in [0, 0.1) is 0 Å². The molecule has 0 heterocycles. The number of rotatable bonds is 2. The van der Waals surface area contributed by atoms with Gasteiger partial charge in [-0.2, -0.15) is 13.2 Å². The van der Waals surface area contributed by atoms with E-state index in [2.05, 4.69) is 15.9 Å². The van der Waals surface area contributed by atoms with Crippen LogP contribution in [0.25, 0.3) is 0 Å². The van der Waals surface area contributed by atoms with E-state index in [1.54, 1.807) is 30.3 Å². The average Bonchev–Trinajstić information content (AvgIpc) is 2.37. The number of benzene rings is 2. The molecule has 106 valence electrons. The first kappa shape index (κ1) is 15.4. The molecule has 0 saturated heterocycles. The Bertz CT molecular complexity index is 628. The standard InChI is InChI=1S/C14H10BrClF3N/c15-11-6-5-8(7-10(11)14(17,18)19)13(20)9-3-1-2-4-12(9)16/h1-7,13H,20H2. The molecule has 0 amide bonds. The van der Waals surface area contributed by atoms with Crippen molar-refractivity contribution in [2.45, 2.75) is 12.2 Å². The van der Waals surface area contributed by atoms with Gasteiger partial charge >= 0.3 is 6.18 Å². The molecule has 0 aromatic heterocycles. The summed E-state index contributed by atoms with van der Waals surface area (Å²) in [6.45, 7) is 0. The molecule has 0 aliphatic heterocycles. The van der Waals surface area contributed by atoms with E-state index in [-0.39, 0.29) is 4.47 Å². The number of hydrogen-bond donors (Lipinski definition) is 1. The second kappa shape index (κ2) is 5.76. The highest BCUT2D eigenvalue weighted by Gasteiger charge is 2.33. The molecule has 0 aliphatic rings. The first-order chi connectivity index (χ1) is 9.30. The van der Waals surface area contributed by atoms with Gasteiger partial charge in [-0.15, -0.1) is 0 Å². The number of hydrogen-bond acceptors (Lipinski definition) is 1. The molecule has 2 aromatic carbocycles. The van der Waals surface area contributed by atoms with Gasteiger partial charge in [-0.05, 0) is 29.3 Å². The maximum absolute atomic E-state index is 12.9. The fraction of sp³-hybridized carbons (Fsp3) is 0.143. The van der Waals surface area contributed by atoms with Crippen molar-refractivity contribution in [1.29, 1.82) is 0 Å². The Morgan fingerprint density at radius 2 is 1.75 bits per heavy atom. The molecule has 2 aromatic rings. The van der Waals surface area contributed by atoms with Gasteiger partial charge in [0.1, 0.15) is 0 Å². The van der Waals surface area contributed by atoms with Crippen LogP contribution in [0.3, 0.4) is 0 Å². The van der Waals surface area contributed by atoms with Crippen LogP contribution in [-0.2, 0) is 6.18 Å². The van der Waals surface area contributed by atoms with E-state index < -0.39 is 17.8 Å². The van der Waals surface area contributed by atoms with Crippen molar-refractivity contribution in [2.24, 2.45) is 5.73 Å². The molecule has 2 N–H and O–H groups in total. The second-order valence-electron chi connectivity index (χ2n) is 4.24. The van der Waals surface area contributed by atoms with Crippen molar-refractivity contribution in [2.75, 3.05) is 0 Å². The minimum absolute atomic E-state index is 0.0138. The van der Waals surface area contributed by atoms with Crippen molar-refractivity contribution in [3.05, 3.63) is 68.7 Å². The number of halogens is 5. The van der Waals surface area contributed by atoms with Crippen molar-refractivity contribution < 1.29 is 13.2 Å². The maximum Gasteiger partial charge on any atom is 0.417 e. The van der Waals surface area contributed by atoms with Crippen LogP contribution in [0.2, 0.25) is 5.02 Å². The van der Waals surface area contributed by atoms with Crippen LogP contribution in [0.1, 0.15) is 22.7 Å². The molecule has 1 atom stereocenters. The quantitative estimate of drug-likeness (QED) is 0.782. The van der Waals surface area contributed by atoms with E-state index >= 15 is 0 Å². The Morgan fingerprint density at radius 3 is 2.35 bits per heavy atom. The van der Waals surface area contributed by atoms with Gasteiger partial charge in [0, 0.05) is 9.50 Å². The lowest BCUT2D eigenvalue weighted by molar-refractivity contribution is -0.138. The maximum atomic E-state index is 12.9. The van der Waals surface area contributed by atoms with Crippen LogP contribution in [0.4, 0.5) is 13.2 Å². The average molecular weight is 365 g/mol. The molecular weight excluding hydrogens is 355 g/mol. The van der Waals surface area contributed by atoms with Gasteiger partial charge in [0.15, 0.2) is 0 Å². The summed E-state index contributed by atoms with van der Waals surface area (Å²) in [7, 11) is 0. The van der Waals surface area contributed by atoms with E-state index in [0.717, 1.165) is 6.07 Å². The predicted octanol–water partition coefficient (Wildman–Crippen LogP) is 5.17. The molecule has 2 rings (SSSR count). The number of alkyl halides is 3. The highest BCUT2D eigenvalue weighted by molar-refractivity contribution is 9.10. The van der Waals surface area contributed by atoms with Crippen LogP contribution in [0.15, 0.2) is 46.9 Å². The van der Waals surface area contributed by atoms with Crippen LogP contribution < -0.4 is 5.73 Å². The smallest absolute Gasteiger partial charge is 0.320 e. The lowest BCUT2D eigenvalue weighted by Crippen LogP contribution is -2.14. The molecule has 0 fully saturated rings. The highest BCUT2D eigenvalue weighted by Crippen LogP contribution is 2.37. The minimum atomic E-state index is -4.44. The lowest BCUT2D eigenvalue weighted by Gasteiger charge is -2.17. The SMILES string of the molecule is NC(c1ccc(Br)c(C(F)(F)F)c1)c1ccccc1Cl. The van der Waals surface area contributed by atoms with Crippen LogP contribution in [-0.4, -0.2) is 0 Å². The summed E-state index contributed by atoms with van der Waals surface area (Å²) < 4.78 is 38.6. The normalized spacial score (nSPS) is 13.3. The third-order valence-electron chi connectivity index (χ3n) is 2.90. The van der Waals surface area contributed by atoms with Crippen molar-refractivity contribution in [3.63, 3.8) is 0 Å². The van der Waals surface area contributed by atoms with Gasteiger partial charge in [0.05, 0.1) is 11.6 Å². The Balaban J connectivity index is 2.46. The molecule has 0 spiro atoms. The Hall–Kier alpha value is -1.04. The Kier molecular flexibility index (Phi) is 4.42. The van der Waals surface area contributed by atoms with Gasteiger partial charge in [-0.1, -0.05) is 51.8 Å². The fourth-order valence-electron chi connectivity index (χ4n) is 1.86. The summed E-state index contributed by atoms with van der Waals surface area (Å²) >= 11 is 8.92. The predicted molar refractivity (Wildman–Crippen MR) is 76.6 cm³/mol. The van der Waals surface area contributed by atoms with E-state index in [0.29, 0.717) is 16.1 Å². The van der Waals surface area contributed by atoms with Crippen molar-refractivity contribution >= 4 is 27.5 Å². The van der Waals surface area contributed by atoms with Crippen LogP contribution in [0.5, 0.6) is 0 Å². The lowest BCUT2D eigenvalue weighted by atomic mass is 9.98.